The number of nitrogens with zero attached hydrogens (tertiary/aromatic N) is 3. The summed E-state index contributed by atoms with van der Waals surface area (Å²) in [5, 5.41) is 1.96. The molecular formula is C35H24FIrN3O+. The van der Waals surface area contributed by atoms with E-state index in [1.807, 2.05) is 96.6 Å². The second-order valence-corrected chi connectivity index (χ2v) is 9.27. The van der Waals surface area contributed by atoms with Crippen LogP contribution in [-0.4, -0.2) is 9.97 Å². The Hall–Kier alpha value is -4.64. The molecule has 7 rings (SSSR count). The third kappa shape index (κ3) is 5.94. The SMILES string of the molecule is Cc1ccc2c(n1)oc1c(-c3cc(-c4ccc(F)cc4)ccn3)[c-]ccc12.[CH2-][n+]1ccccc1-c1[c-]cccc1.[Ir+3]. The molecule has 4 nitrogen and oxygen atoms in total. The summed E-state index contributed by atoms with van der Waals surface area (Å²) < 4.78 is 21.1. The molecule has 0 N–H and O–H groups in total. The largest absolute Gasteiger partial charge is 3.00 e. The fraction of sp³-hybridized carbons (Fsp3) is 0.0286. The van der Waals surface area contributed by atoms with Crippen molar-refractivity contribution in [3.05, 3.63) is 146 Å². The van der Waals surface area contributed by atoms with Gasteiger partial charge >= 0.3 is 20.1 Å². The first-order valence-electron chi connectivity index (χ1n) is 12.8. The number of benzene rings is 3. The molecule has 3 aromatic carbocycles. The molecule has 0 aliphatic rings. The van der Waals surface area contributed by atoms with Crippen molar-refractivity contribution in [1.29, 1.82) is 0 Å². The number of hydrogen-bond acceptors (Lipinski definition) is 3. The summed E-state index contributed by atoms with van der Waals surface area (Å²) in [6.07, 6.45) is 3.67. The van der Waals surface area contributed by atoms with Crippen molar-refractivity contribution in [3.8, 4) is 33.6 Å². The van der Waals surface area contributed by atoms with Gasteiger partial charge in [-0.1, -0.05) is 46.8 Å². The molecule has 0 spiro atoms. The third-order valence-electron chi connectivity index (χ3n) is 6.56. The van der Waals surface area contributed by atoms with E-state index < -0.39 is 0 Å². The van der Waals surface area contributed by atoms with Crippen LogP contribution in [-0.2, 0) is 20.1 Å². The topological polar surface area (TPSA) is 42.8 Å². The smallest absolute Gasteiger partial charge is 0.486 e. The molecular weight excluding hydrogens is 690 g/mol. The van der Waals surface area contributed by atoms with Crippen molar-refractivity contribution >= 4 is 22.1 Å². The molecule has 0 fully saturated rings. The van der Waals surface area contributed by atoms with Crippen molar-refractivity contribution < 1.29 is 33.5 Å². The van der Waals surface area contributed by atoms with Crippen LogP contribution in [0.1, 0.15) is 5.69 Å². The minimum Gasteiger partial charge on any atom is -0.486 e. The Kier molecular flexibility index (Phi) is 8.34. The molecule has 41 heavy (non-hydrogen) atoms. The average molecular weight is 714 g/mol. The minimum atomic E-state index is -0.254. The van der Waals surface area contributed by atoms with Crippen LogP contribution in [0.3, 0.4) is 0 Å². The first-order chi connectivity index (χ1) is 19.6. The van der Waals surface area contributed by atoms with E-state index in [4.69, 9.17) is 4.42 Å². The quantitative estimate of drug-likeness (QED) is 0.138. The second-order valence-electron chi connectivity index (χ2n) is 9.27. The van der Waals surface area contributed by atoms with Crippen LogP contribution in [0, 0.1) is 31.9 Å². The molecule has 4 heterocycles. The van der Waals surface area contributed by atoms with E-state index in [1.54, 1.807) is 18.3 Å². The maximum absolute atomic E-state index is 13.2. The molecule has 0 saturated carbocycles. The first-order valence-corrected chi connectivity index (χ1v) is 12.8. The molecule has 0 aliphatic carbocycles. The van der Waals surface area contributed by atoms with Gasteiger partial charge < -0.3 is 14.0 Å². The number of aryl methyl sites for hydroxylation is 1. The molecule has 7 aromatic rings. The number of aromatic nitrogens is 3. The third-order valence-corrected chi connectivity index (χ3v) is 6.56. The van der Waals surface area contributed by atoms with Crippen LogP contribution in [0.4, 0.5) is 4.39 Å². The van der Waals surface area contributed by atoms with E-state index in [-0.39, 0.29) is 25.9 Å². The number of fused-ring (bicyclic) bond motifs is 3. The molecule has 6 heteroatoms. The Bertz CT molecular complexity index is 1940. The summed E-state index contributed by atoms with van der Waals surface area (Å²) in [7, 11) is 3.89. The Labute approximate surface area is 251 Å². The molecule has 200 valence electrons. The fourth-order valence-electron chi connectivity index (χ4n) is 4.57. The molecule has 0 radical (unpaired) electrons. The van der Waals surface area contributed by atoms with Gasteiger partial charge in [0.15, 0.2) is 0 Å². The maximum atomic E-state index is 13.2. The zero-order chi connectivity index (χ0) is 27.5. The predicted molar refractivity (Wildman–Crippen MR) is 155 cm³/mol. The molecule has 0 unspecified atom stereocenters. The second kappa shape index (κ2) is 12.3. The van der Waals surface area contributed by atoms with Crippen molar-refractivity contribution in [2.24, 2.45) is 0 Å². The zero-order valence-corrected chi connectivity index (χ0v) is 24.5. The molecule has 0 amide bonds. The van der Waals surface area contributed by atoms with E-state index in [2.05, 4.69) is 29.1 Å². The van der Waals surface area contributed by atoms with Crippen LogP contribution in [0.25, 0.3) is 55.7 Å². The Morgan fingerprint density at radius 3 is 2.44 bits per heavy atom. The van der Waals surface area contributed by atoms with Gasteiger partial charge in [-0.15, -0.1) is 48.5 Å². The van der Waals surface area contributed by atoms with Crippen molar-refractivity contribution in [1.82, 2.24) is 9.97 Å². The predicted octanol–water partition coefficient (Wildman–Crippen LogP) is 8.04. The van der Waals surface area contributed by atoms with Crippen molar-refractivity contribution in [3.63, 3.8) is 0 Å². The monoisotopic (exact) mass is 714 g/mol. The van der Waals surface area contributed by atoms with Crippen molar-refractivity contribution in [2.45, 2.75) is 6.92 Å². The van der Waals surface area contributed by atoms with E-state index in [0.717, 1.165) is 50.1 Å². The summed E-state index contributed by atoms with van der Waals surface area (Å²) in [4.78, 5) is 8.99. The Morgan fingerprint density at radius 1 is 0.829 bits per heavy atom. The van der Waals surface area contributed by atoms with Crippen LogP contribution >= 0.6 is 0 Å². The molecule has 4 aromatic heterocycles. The van der Waals surface area contributed by atoms with Crippen LogP contribution < -0.4 is 4.57 Å². The molecule has 0 aliphatic heterocycles. The van der Waals surface area contributed by atoms with E-state index >= 15 is 0 Å². The number of hydrogen-bond donors (Lipinski definition) is 0. The summed E-state index contributed by atoms with van der Waals surface area (Å²) in [6.45, 7) is 1.94. The van der Waals surface area contributed by atoms with Gasteiger partial charge in [-0.2, -0.15) is 0 Å². The van der Waals surface area contributed by atoms with Gasteiger partial charge in [-0.25, -0.2) is 9.37 Å². The minimum absolute atomic E-state index is 0. The van der Waals surface area contributed by atoms with E-state index in [9.17, 15) is 4.39 Å². The number of furan rings is 1. The first kappa shape index (κ1) is 27.9. The van der Waals surface area contributed by atoms with Gasteiger partial charge in [0.2, 0.25) is 5.71 Å². The summed E-state index contributed by atoms with van der Waals surface area (Å²) in [5.74, 6) is -0.254. The van der Waals surface area contributed by atoms with Gasteiger partial charge in [0.25, 0.3) is 0 Å². The van der Waals surface area contributed by atoms with Crippen LogP contribution in [0.2, 0.25) is 0 Å². The standard InChI is InChI=1S/C23H14FN2O.C12H10N.Ir/c1-14-5-10-19-18-3-2-4-20(22(18)27-23(19)26-14)21-13-16(11-12-25-21)15-6-8-17(24)9-7-15;1-13-10-6-5-9-12(13)11-7-3-2-4-8-11;/h2-3,5-13H,1H3;2-7,9-10H,1H2;/q2*-1;+3. The Balaban J connectivity index is 0.000000204. The van der Waals surface area contributed by atoms with Gasteiger partial charge in [0.1, 0.15) is 11.5 Å². The van der Waals surface area contributed by atoms with Gasteiger partial charge in [0.05, 0.1) is 11.8 Å². The normalized spacial score (nSPS) is 10.6. The summed E-state index contributed by atoms with van der Waals surface area (Å²) in [5.41, 5.74) is 7.79. The summed E-state index contributed by atoms with van der Waals surface area (Å²) >= 11 is 0. The number of pyridine rings is 3. The number of rotatable bonds is 3. The van der Waals surface area contributed by atoms with Crippen molar-refractivity contribution in [2.75, 3.05) is 0 Å². The van der Waals surface area contributed by atoms with E-state index in [0.29, 0.717) is 11.3 Å². The van der Waals surface area contributed by atoms with Crippen LogP contribution in [0.15, 0.2) is 120 Å². The number of halogens is 1. The molecule has 0 atom stereocenters. The summed E-state index contributed by atoms with van der Waals surface area (Å²) in [6, 6.07) is 38.4. The Morgan fingerprint density at radius 2 is 1.66 bits per heavy atom. The van der Waals surface area contributed by atoms with Gasteiger partial charge in [0, 0.05) is 24.3 Å². The van der Waals surface area contributed by atoms with Crippen LogP contribution in [0.5, 0.6) is 0 Å². The maximum Gasteiger partial charge on any atom is 3.00 e. The average Bonchev–Trinajstić information content (AvgIpc) is 3.36. The zero-order valence-electron chi connectivity index (χ0n) is 22.1. The van der Waals surface area contributed by atoms with E-state index in [1.165, 1.54) is 12.1 Å². The molecule has 0 bridgehead atoms. The molecule has 0 saturated heterocycles. The fourth-order valence-corrected chi connectivity index (χ4v) is 4.57. The van der Waals surface area contributed by atoms with Gasteiger partial charge in [-0.05, 0) is 60.1 Å². The van der Waals surface area contributed by atoms with Gasteiger partial charge in [-0.3, -0.25) is 0 Å².